The first-order valence-electron chi connectivity index (χ1n) is 12.6. The van der Waals surface area contributed by atoms with Gasteiger partial charge in [-0.25, -0.2) is 4.79 Å². The SMILES string of the molecule is CC(C)(C)c1ccc(C(=O)Nc2ccccc2NC(=O)C2CCCN(C(=O)Nc3ccccc3)C2)cc1. The lowest BCUT2D eigenvalue weighted by molar-refractivity contribution is -0.121. The number of benzene rings is 3. The maximum absolute atomic E-state index is 13.2. The van der Waals surface area contributed by atoms with E-state index >= 15 is 0 Å². The number of likely N-dealkylation sites (tertiary alicyclic amines) is 1. The molecule has 0 spiro atoms. The van der Waals surface area contributed by atoms with Gasteiger partial charge in [-0.15, -0.1) is 0 Å². The minimum Gasteiger partial charge on any atom is -0.324 e. The molecule has 3 aromatic carbocycles. The van der Waals surface area contributed by atoms with E-state index in [1.54, 1.807) is 17.0 Å². The second-order valence-corrected chi connectivity index (χ2v) is 10.4. The molecule has 7 heteroatoms. The van der Waals surface area contributed by atoms with Gasteiger partial charge in [0, 0.05) is 24.3 Å². The molecule has 1 saturated heterocycles. The first-order chi connectivity index (χ1) is 17.7. The summed E-state index contributed by atoms with van der Waals surface area (Å²) in [4.78, 5) is 40.5. The lowest BCUT2D eigenvalue weighted by Crippen LogP contribution is -2.45. The Kier molecular flexibility index (Phi) is 7.92. The first-order valence-corrected chi connectivity index (χ1v) is 12.6. The highest BCUT2D eigenvalue weighted by Crippen LogP contribution is 2.26. The van der Waals surface area contributed by atoms with Crippen LogP contribution in [0, 0.1) is 5.92 Å². The topological polar surface area (TPSA) is 90.5 Å². The molecule has 3 N–H and O–H groups in total. The van der Waals surface area contributed by atoms with Crippen LogP contribution < -0.4 is 16.0 Å². The molecule has 7 nitrogen and oxygen atoms in total. The number of carbonyl (C=O) groups is 3. The molecule has 0 bridgehead atoms. The Morgan fingerprint density at radius 1 is 0.784 bits per heavy atom. The molecule has 1 atom stereocenters. The number of amides is 4. The first kappa shape index (κ1) is 25.9. The minimum absolute atomic E-state index is 0.00279. The number of rotatable bonds is 5. The molecule has 1 fully saturated rings. The van der Waals surface area contributed by atoms with E-state index in [0.29, 0.717) is 36.4 Å². The van der Waals surface area contributed by atoms with E-state index in [2.05, 4.69) is 36.7 Å². The van der Waals surface area contributed by atoms with Crippen LogP contribution in [0.5, 0.6) is 0 Å². The smallest absolute Gasteiger partial charge is 0.321 e. The van der Waals surface area contributed by atoms with Gasteiger partial charge < -0.3 is 20.9 Å². The van der Waals surface area contributed by atoms with E-state index in [4.69, 9.17) is 0 Å². The molecule has 1 aliphatic rings. The molecule has 1 unspecified atom stereocenters. The summed E-state index contributed by atoms with van der Waals surface area (Å²) in [5.74, 6) is -0.763. The van der Waals surface area contributed by atoms with Crippen LogP contribution in [0.4, 0.5) is 21.9 Å². The third kappa shape index (κ3) is 6.76. The fourth-order valence-electron chi connectivity index (χ4n) is 4.35. The van der Waals surface area contributed by atoms with Crippen LogP contribution in [0.3, 0.4) is 0 Å². The second-order valence-electron chi connectivity index (χ2n) is 10.4. The number of carbonyl (C=O) groups excluding carboxylic acids is 3. The van der Waals surface area contributed by atoms with Crippen molar-refractivity contribution in [1.82, 2.24) is 4.90 Å². The van der Waals surface area contributed by atoms with Crippen molar-refractivity contribution in [3.8, 4) is 0 Å². The molecule has 0 saturated carbocycles. The number of para-hydroxylation sites is 3. The Bertz CT molecular complexity index is 1250. The molecular formula is C30H34N4O3. The van der Waals surface area contributed by atoms with Crippen LogP contribution in [0.1, 0.15) is 49.5 Å². The van der Waals surface area contributed by atoms with Gasteiger partial charge in [0.15, 0.2) is 0 Å². The molecule has 0 radical (unpaired) electrons. The summed E-state index contributed by atoms with van der Waals surface area (Å²) in [6, 6.07) is 23.8. The predicted octanol–water partition coefficient (Wildman–Crippen LogP) is 6.12. The van der Waals surface area contributed by atoms with Crippen molar-refractivity contribution < 1.29 is 14.4 Å². The van der Waals surface area contributed by atoms with E-state index < -0.39 is 0 Å². The van der Waals surface area contributed by atoms with Gasteiger partial charge in [-0.05, 0) is 60.2 Å². The van der Waals surface area contributed by atoms with Crippen molar-refractivity contribution in [2.45, 2.75) is 39.0 Å². The molecule has 3 aromatic rings. The van der Waals surface area contributed by atoms with Crippen molar-refractivity contribution in [3.63, 3.8) is 0 Å². The Morgan fingerprint density at radius 2 is 1.41 bits per heavy atom. The monoisotopic (exact) mass is 498 g/mol. The van der Waals surface area contributed by atoms with E-state index in [1.807, 2.05) is 66.7 Å². The van der Waals surface area contributed by atoms with Crippen LogP contribution in [-0.2, 0) is 10.2 Å². The lowest BCUT2D eigenvalue weighted by atomic mass is 9.87. The predicted molar refractivity (Wildman–Crippen MR) is 148 cm³/mol. The van der Waals surface area contributed by atoms with Gasteiger partial charge in [-0.2, -0.15) is 0 Å². The van der Waals surface area contributed by atoms with E-state index in [-0.39, 0.29) is 29.2 Å². The van der Waals surface area contributed by atoms with Crippen molar-refractivity contribution in [1.29, 1.82) is 0 Å². The van der Waals surface area contributed by atoms with Crippen LogP contribution >= 0.6 is 0 Å². The van der Waals surface area contributed by atoms with Crippen molar-refractivity contribution in [2.75, 3.05) is 29.0 Å². The molecule has 0 aromatic heterocycles. The van der Waals surface area contributed by atoms with E-state index in [0.717, 1.165) is 17.7 Å². The number of nitrogens with zero attached hydrogens (tertiary/aromatic N) is 1. The second kappa shape index (κ2) is 11.3. The summed E-state index contributed by atoms with van der Waals surface area (Å²) in [6.45, 7) is 7.31. The summed E-state index contributed by atoms with van der Waals surface area (Å²) in [5, 5.41) is 8.77. The molecule has 1 aliphatic heterocycles. The van der Waals surface area contributed by atoms with E-state index in [1.165, 1.54) is 0 Å². The van der Waals surface area contributed by atoms with Crippen molar-refractivity contribution in [2.24, 2.45) is 5.92 Å². The highest BCUT2D eigenvalue weighted by Gasteiger charge is 2.29. The van der Waals surface area contributed by atoms with Crippen molar-refractivity contribution in [3.05, 3.63) is 90.0 Å². The van der Waals surface area contributed by atoms with E-state index in [9.17, 15) is 14.4 Å². The Labute approximate surface area is 218 Å². The number of urea groups is 1. The lowest BCUT2D eigenvalue weighted by Gasteiger charge is -2.32. The zero-order chi connectivity index (χ0) is 26.4. The Morgan fingerprint density at radius 3 is 2.05 bits per heavy atom. The molecule has 192 valence electrons. The summed E-state index contributed by atoms with van der Waals surface area (Å²) < 4.78 is 0. The Hall–Kier alpha value is -4.13. The number of anilines is 3. The zero-order valence-corrected chi connectivity index (χ0v) is 21.6. The van der Waals surface area contributed by atoms with Crippen LogP contribution in [0.2, 0.25) is 0 Å². The summed E-state index contributed by atoms with van der Waals surface area (Å²) >= 11 is 0. The molecular weight excluding hydrogens is 464 g/mol. The highest BCUT2D eigenvalue weighted by molar-refractivity contribution is 6.07. The molecule has 37 heavy (non-hydrogen) atoms. The molecule has 4 rings (SSSR count). The molecule has 0 aliphatic carbocycles. The fourth-order valence-corrected chi connectivity index (χ4v) is 4.35. The van der Waals surface area contributed by atoms with Gasteiger partial charge in [0.2, 0.25) is 5.91 Å². The number of hydrogen-bond donors (Lipinski definition) is 3. The average molecular weight is 499 g/mol. The summed E-state index contributed by atoms with van der Waals surface area (Å²) in [5.41, 5.74) is 3.46. The van der Waals surface area contributed by atoms with Crippen molar-refractivity contribution >= 4 is 34.9 Å². The molecule has 4 amide bonds. The zero-order valence-electron chi connectivity index (χ0n) is 21.6. The average Bonchev–Trinajstić information content (AvgIpc) is 2.90. The third-order valence-electron chi connectivity index (χ3n) is 6.55. The minimum atomic E-state index is -0.344. The third-order valence-corrected chi connectivity index (χ3v) is 6.55. The van der Waals surface area contributed by atoms with Gasteiger partial charge >= 0.3 is 6.03 Å². The largest absolute Gasteiger partial charge is 0.324 e. The quantitative estimate of drug-likeness (QED) is 0.396. The van der Waals surface area contributed by atoms with Gasteiger partial charge in [0.25, 0.3) is 5.91 Å². The number of piperidine rings is 1. The number of nitrogens with one attached hydrogen (secondary N) is 3. The summed E-state index contributed by atoms with van der Waals surface area (Å²) in [7, 11) is 0. The summed E-state index contributed by atoms with van der Waals surface area (Å²) in [6.07, 6.45) is 1.43. The van der Waals surface area contributed by atoms with Crippen LogP contribution in [-0.4, -0.2) is 35.8 Å². The maximum Gasteiger partial charge on any atom is 0.321 e. The normalized spacial score (nSPS) is 15.5. The van der Waals surface area contributed by atoms with Gasteiger partial charge in [0.05, 0.1) is 17.3 Å². The van der Waals surface area contributed by atoms with Gasteiger partial charge in [-0.1, -0.05) is 63.2 Å². The van der Waals surface area contributed by atoms with Crippen LogP contribution in [0.15, 0.2) is 78.9 Å². The van der Waals surface area contributed by atoms with Crippen LogP contribution in [0.25, 0.3) is 0 Å². The maximum atomic E-state index is 13.2. The van der Waals surface area contributed by atoms with Gasteiger partial charge in [-0.3, -0.25) is 9.59 Å². The Balaban J connectivity index is 1.39. The van der Waals surface area contributed by atoms with Gasteiger partial charge in [0.1, 0.15) is 0 Å². The fraction of sp³-hybridized carbons (Fsp3) is 0.300. The number of hydrogen-bond acceptors (Lipinski definition) is 3. The highest BCUT2D eigenvalue weighted by atomic mass is 16.2. The standard InChI is InChI=1S/C30H34N4O3/c1-30(2,3)23-17-15-21(16-18-23)27(35)32-25-13-7-8-14-26(25)33-28(36)22-10-9-19-34(20-22)29(37)31-24-11-5-4-6-12-24/h4-8,11-18,22H,9-10,19-20H2,1-3H3,(H,31,37)(H,32,35)(H,33,36). The molecule has 1 heterocycles.